The molecule has 24 heavy (non-hydrogen) atoms. The van der Waals surface area contributed by atoms with Crippen LogP contribution in [0.3, 0.4) is 0 Å². The van der Waals surface area contributed by atoms with Crippen LogP contribution in [0.25, 0.3) is 0 Å². The first-order chi connectivity index (χ1) is 11.6. The van der Waals surface area contributed by atoms with Gasteiger partial charge >= 0.3 is 0 Å². The number of piperazine rings is 1. The van der Waals surface area contributed by atoms with Crippen molar-refractivity contribution in [3.05, 3.63) is 46.8 Å². The highest BCUT2D eigenvalue weighted by atomic mass is 32.2. The third-order valence-corrected chi connectivity index (χ3v) is 7.78. The average Bonchev–Trinajstić information content (AvgIpc) is 3.12. The van der Waals surface area contributed by atoms with Crippen LogP contribution in [0.1, 0.15) is 17.4 Å². The van der Waals surface area contributed by atoms with Crippen molar-refractivity contribution in [3.63, 3.8) is 0 Å². The van der Waals surface area contributed by atoms with E-state index in [1.165, 1.54) is 11.3 Å². The minimum atomic E-state index is -3.41. The number of rotatable bonds is 4. The summed E-state index contributed by atoms with van der Waals surface area (Å²) < 4.78 is 27.5. The van der Waals surface area contributed by atoms with Crippen LogP contribution in [0.15, 0.2) is 40.6 Å². The van der Waals surface area contributed by atoms with E-state index >= 15 is 0 Å². The minimum Gasteiger partial charge on any atom is -0.368 e. The Balaban J connectivity index is 1.74. The zero-order chi connectivity index (χ0) is 17.2. The molecule has 2 heterocycles. The lowest BCUT2D eigenvalue weighted by Gasteiger charge is -2.35. The fourth-order valence-corrected chi connectivity index (χ4v) is 5.70. The molecule has 0 spiro atoms. The maximum Gasteiger partial charge on any atom is 0.252 e. The number of nitriles is 1. The summed E-state index contributed by atoms with van der Waals surface area (Å²) >= 11 is 1.35. The Kier molecular flexibility index (Phi) is 4.90. The SMILES string of the molecule is CCc1ccc(S(=O)(=O)N2CCN(c3ccccc3C#N)CC2)s1. The number of para-hydroxylation sites is 1. The number of hydrogen-bond acceptors (Lipinski definition) is 5. The first-order valence-electron chi connectivity index (χ1n) is 7.89. The monoisotopic (exact) mass is 361 g/mol. The molecule has 1 aliphatic rings. The lowest BCUT2D eigenvalue weighted by molar-refractivity contribution is 0.386. The van der Waals surface area contributed by atoms with Crippen LogP contribution in [0.2, 0.25) is 0 Å². The Morgan fingerprint density at radius 1 is 1.12 bits per heavy atom. The predicted octanol–water partition coefficient (Wildman–Crippen LogP) is 2.69. The highest BCUT2D eigenvalue weighted by Crippen LogP contribution is 2.27. The third kappa shape index (κ3) is 3.18. The second kappa shape index (κ2) is 6.93. The quantitative estimate of drug-likeness (QED) is 0.840. The van der Waals surface area contributed by atoms with Gasteiger partial charge in [0.1, 0.15) is 10.3 Å². The largest absolute Gasteiger partial charge is 0.368 e. The molecule has 0 saturated carbocycles. The van der Waals surface area contributed by atoms with E-state index in [0.29, 0.717) is 36.0 Å². The summed E-state index contributed by atoms with van der Waals surface area (Å²) in [6.45, 7) is 4.06. The Hall–Kier alpha value is -1.88. The van der Waals surface area contributed by atoms with Crippen LogP contribution in [-0.2, 0) is 16.4 Å². The Morgan fingerprint density at radius 3 is 2.46 bits per heavy atom. The highest BCUT2D eigenvalue weighted by Gasteiger charge is 2.30. The van der Waals surface area contributed by atoms with Gasteiger partial charge in [0.05, 0.1) is 11.3 Å². The first kappa shape index (κ1) is 17.0. The van der Waals surface area contributed by atoms with Gasteiger partial charge in [0, 0.05) is 31.1 Å². The molecule has 0 bridgehead atoms. The molecule has 1 aromatic carbocycles. The van der Waals surface area contributed by atoms with Gasteiger partial charge < -0.3 is 4.90 Å². The Labute approximate surface area is 146 Å². The smallest absolute Gasteiger partial charge is 0.252 e. The summed E-state index contributed by atoms with van der Waals surface area (Å²) in [6.07, 6.45) is 0.846. The van der Waals surface area contributed by atoms with Crippen molar-refractivity contribution >= 4 is 27.0 Å². The van der Waals surface area contributed by atoms with Crippen LogP contribution in [0.4, 0.5) is 5.69 Å². The molecule has 1 aliphatic heterocycles. The van der Waals surface area contributed by atoms with Crippen molar-refractivity contribution in [2.45, 2.75) is 17.6 Å². The van der Waals surface area contributed by atoms with E-state index in [9.17, 15) is 13.7 Å². The number of hydrogen-bond donors (Lipinski definition) is 0. The van der Waals surface area contributed by atoms with Crippen LogP contribution in [0.5, 0.6) is 0 Å². The van der Waals surface area contributed by atoms with E-state index in [1.54, 1.807) is 16.4 Å². The zero-order valence-corrected chi connectivity index (χ0v) is 15.1. The number of anilines is 1. The average molecular weight is 361 g/mol. The van der Waals surface area contributed by atoms with Gasteiger partial charge in [-0.1, -0.05) is 19.1 Å². The van der Waals surface area contributed by atoms with E-state index in [0.717, 1.165) is 17.0 Å². The van der Waals surface area contributed by atoms with Crippen LogP contribution in [0, 0.1) is 11.3 Å². The van der Waals surface area contributed by atoms with E-state index in [1.807, 2.05) is 31.2 Å². The fourth-order valence-electron chi connectivity index (χ4n) is 2.83. The van der Waals surface area contributed by atoms with E-state index in [4.69, 9.17) is 0 Å². The molecule has 0 atom stereocenters. The number of sulfonamides is 1. The maximum atomic E-state index is 12.7. The topological polar surface area (TPSA) is 64.4 Å². The normalized spacial score (nSPS) is 16.1. The van der Waals surface area contributed by atoms with E-state index in [2.05, 4.69) is 11.0 Å². The number of thiophene rings is 1. The van der Waals surface area contributed by atoms with Crippen molar-refractivity contribution in [2.75, 3.05) is 31.1 Å². The van der Waals surface area contributed by atoms with Gasteiger partial charge in [-0.2, -0.15) is 9.57 Å². The second-order valence-corrected chi connectivity index (χ2v) is 8.93. The molecule has 7 heteroatoms. The molecule has 5 nitrogen and oxygen atoms in total. The zero-order valence-electron chi connectivity index (χ0n) is 13.5. The predicted molar refractivity (Wildman–Crippen MR) is 95.8 cm³/mol. The second-order valence-electron chi connectivity index (χ2n) is 5.59. The maximum absolute atomic E-state index is 12.7. The van der Waals surface area contributed by atoms with E-state index < -0.39 is 10.0 Å². The van der Waals surface area contributed by atoms with Crippen molar-refractivity contribution in [2.24, 2.45) is 0 Å². The molecule has 3 rings (SSSR count). The van der Waals surface area contributed by atoms with Gasteiger partial charge in [0.2, 0.25) is 0 Å². The van der Waals surface area contributed by atoms with Gasteiger partial charge in [-0.3, -0.25) is 0 Å². The third-order valence-electron chi connectivity index (χ3n) is 4.18. The van der Waals surface area contributed by atoms with Crippen molar-refractivity contribution < 1.29 is 8.42 Å². The molecule has 0 unspecified atom stereocenters. The van der Waals surface area contributed by atoms with Crippen molar-refractivity contribution in [3.8, 4) is 6.07 Å². The van der Waals surface area contributed by atoms with Crippen LogP contribution in [-0.4, -0.2) is 38.9 Å². The van der Waals surface area contributed by atoms with Gasteiger partial charge in [-0.05, 0) is 30.7 Å². The van der Waals surface area contributed by atoms with Gasteiger partial charge in [-0.15, -0.1) is 11.3 Å². The Bertz CT molecular complexity index is 860. The molecular formula is C17H19N3O2S2. The molecule has 2 aromatic rings. The molecule has 0 amide bonds. The molecule has 1 saturated heterocycles. The molecule has 0 N–H and O–H groups in total. The molecule has 0 aliphatic carbocycles. The molecular weight excluding hydrogens is 342 g/mol. The Morgan fingerprint density at radius 2 is 1.83 bits per heavy atom. The number of aryl methyl sites for hydroxylation is 1. The van der Waals surface area contributed by atoms with Crippen LogP contribution >= 0.6 is 11.3 Å². The minimum absolute atomic E-state index is 0.422. The summed E-state index contributed by atoms with van der Waals surface area (Å²) in [4.78, 5) is 3.16. The molecule has 0 radical (unpaired) electrons. The number of nitrogens with zero attached hydrogens (tertiary/aromatic N) is 3. The standard InChI is InChI=1S/C17H19N3O2S2/c1-2-15-7-8-17(23-15)24(21,22)20-11-9-19(10-12-20)16-6-4-3-5-14(16)13-18/h3-8H,2,9-12H2,1H3. The molecule has 126 valence electrons. The fraction of sp³-hybridized carbons (Fsp3) is 0.353. The summed E-state index contributed by atoms with van der Waals surface area (Å²) in [5.74, 6) is 0. The van der Waals surface area contributed by atoms with Gasteiger partial charge in [-0.25, -0.2) is 8.42 Å². The first-order valence-corrected chi connectivity index (χ1v) is 10.1. The lowest BCUT2D eigenvalue weighted by atomic mass is 10.1. The van der Waals surface area contributed by atoms with Crippen molar-refractivity contribution in [1.29, 1.82) is 5.26 Å². The molecule has 1 fully saturated rings. The van der Waals surface area contributed by atoms with E-state index in [-0.39, 0.29) is 0 Å². The van der Waals surface area contributed by atoms with Gasteiger partial charge in [0.25, 0.3) is 10.0 Å². The highest BCUT2D eigenvalue weighted by molar-refractivity contribution is 7.91. The van der Waals surface area contributed by atoms with Crippen molar-refractivity contribution in [1.82, 2.24) is 4.31 Å². The summed E-state index contributed by atoms with van der Waals surface area (Å²) in [5, 5.41) is 9.22. The number of benzene rings is 1. The summed E-state index contributed by atoms with van der Waals surface area (Å²) in [5.41, 5.74) is 1.50. The summed E-state index contributed by atoms with van der Waals surface area (Å²) in [7, 11) is -3.41. The lowest BCUT2D eigenvalue weighted by Crippen LogP contribution is -2.48. The summed E-state index contributed by atoms with van der Waals surface area (Å²) in [6, 6.07) is 13.2. The van der Waals surface area contributed by atoms with Crippen LogP contribution < -0.4 is 4.90 Å². The van der Waals surface area contributed by atoms with Gasteiger partial charge in [0.15, 0.2) is 0 Å². The molecule has 1 aromatic heterocycles.